The molecule has 1 unspecified atom stereocenters. The zero-order valence-electron chi connectivity index (χ0n) is 12.2. The van der Waals surface area contributed by atoms with Crippen molar-refractivity contribution >= 4 is 23.4 Å². The lowest BCUT2D eigenvalue weighted by molar-refractivity contribution is -0.126. The van der Waals surface area contributed by atoms with Gasteiger partial charge < -0.3 is 10.2 Å². The van der Waals surface area contributed by atoms with Gasteiger partial charge in [0.1, 0.15) is 5.69 Å². The molecule has 1 atom stereocenters. The van der Waals surface area contributed by atoms with E-state index >= 15 is 0 Å². The van der Waals surface area contributed by atoms with Gasteiger partial charge in [0.15, 0.2) is 11.5 Å². The van der Waals surface area contributed by atoms with Gasteiger partial charge in [-0.15, -0.1) is 5.10 Å². The summed E-state index contributed by atoms with van der Waals surface area (Å²) in [6, 6.07) is 4.19. The minimum absolute atomic E-state index is 0.0278. The Morgan fingerprint density at radius 3 is 2.96 bits per heavy atom. The van der Waals surface area contributed by atoms with Gasteiger partial charge in [-0.2, -0.15) is 0 Å². The highest BCUT2D eigenvalue weighted by atomic mass is 35.5. The number of amides is 2. The number of nitrogens with one attached hydrogen (secondary N) is 1. The van der Waals surface area contributed by atoms with Gasteiger partial charge in [0.25, 0.3) is 5.91 Å². The molecular formula is C14H13ClFN5O2. The molecule has 0 bridgehead atoms. The first-order valence-corrected chi connectivity index (χ1v) is 7.25. The number of nitrogens with zero attached hydrogens (tertiary/aromatic N) is 4. The Balaban J connectivity index is 1.75. The van der Waals surface area contributed by atoms with Crippen molar-refractivity contribution in [1.29, 1.82) is 0 Å². The van der Waals surface area contributed by atoms with E-state index in [1.165, 1.54) is 18.3 Å². The summed E-state index contributed by atoms with van der Waals surface area (Å²) in [7, 11) is 1.67. The van der Waals surface area contributed by atoms with Crippen molar-refractivity contribution in [2.24, 2.45) is 0 Å². The summed E-state index contributed by atoms with van der Waals surface area (Å²) in [5.74, 6) is -1.14. The van der Waals surface area contributed by atoms with Crippen LogP contribution >= 0.6 is 11.6 Å². The Kier molecular flexibility index (Phi) is 3.99. The number of carbonyl (C=O) groups is 2. The van der Waals surface area contributed by atoms with E-state index in [-0.39, 0.29) is 34.8 Å². The summed E-state index contributed by atoms with van der Waals surface area (Å²) in [6.07, 6.45) is 1.56. The highest BCUT2D eigenvalue weighted by Crippen LogP contribution is 2.20. The molecule has 2 heterocycles. The number of rotatable bonds is 3. The highest BCUT2D eigenvalue weighted by molar-refractivity contribution is 6.30. The quantitative estimate of drug-likeness (QED) is 0.907. The van der Waals surface area contributed by atoms with Gasteiger partial charge in [0, 0.05) is 20.0 Å². The third-order valence-electron chi connectivity index (χ3n) is 3.58. The lowest BCUT2D eigenvalue weighted by Gasteiger charge is -2.10. The molecule has 1 aromatic carbocycles. The number of aromatic nitrogens is 3. The molecule has 9 heteroatoms. The maximum atomic E-state index is 13.9. The second-order valence-electron chi connectivity index (χ2n) is 5.27. The summed E-state index contributed by atoms with van der Waals surface area (Å²) in [5.41, 5.74) is 0.131. The van der Waals surface area contributed by atoms with Crippen LogP contribution < -0.4 is 5.32 Å². The van der Waals surface area contributed by atoms with Crippen molar-refractivity contribution in [3.63, 3.8) is 0 Å². The smallest absolute Gasteiger partial charge is 0.273 e. The maximum Gasteiger partial charge on any atom is 0.273 e. The third-order valence-corrected chi connectivity index (χ3v) is 3.87. The van der Waals surface area contributed by atoms with Crippen LogP contribution in [0.15, 0.2) is 24.4 Å². The standard InChI is InChI=1S/C14H13ClFN5O2/c1-20-6-8(5-12(20)22)17-14(23)10-7-21(19-18-10)11-4-2-3-9(15)13(11)16/h2-4,7-8H,5-6H2,1H3,(H,17,23). The normalized spacial score (nSPS) is 17.6. The fourth-order valence-corrected chi connectivity index (χ4v) is 2.54. The van der Waals surface area contributed by atoms with E-state index in [2.05, 4.69) is 15.6 Å². The first kappa shape index (κ1) is 15.4. The van der Waals surface area contributed by atoms with E-state index < -0.39 is 11.7 Å². The Hall–Kier alpha value is -2.48. The molecule has 0 aliphatic carbocycles. The average Bonchev–Trinajstić information content (AvgIpc) is 3.10. The number of likely N-dealkylation sites (N-methyl/N-ethyl adjacent to an activating group) is 1. The van der Waals surface area contributed by atoms with E-state index in [9.17, 15) is 14.0 Å². The second kappa shape index (κ2) is 5.96. The van der Waals surface area contributed by atoms with Crippen molar-refractivity contribution in [3.8, 4) is 5.69 Å². The van der Waals surface area contributed by atoms with Crippen LogP contribution in [0.5, 0.6) is 0 Å². The van der Waals surface area contributed by atoms with Crippen LogP contribution in [0.3, 0.4) is 0 Å². The predicted octanol–water partition coefficient (Wildman–Crippen LogP) is 1.02. The lowest BCUT2D eigenvalue weighted by Crippen LogP contribution is -2.36. The summed E-state index contributed by atoms with van der Waals surface area (Å²) < 4.78 is 15.1. The molecule has 23 heavy (non-hydrogen) atoms. The zero-order chi connectivity index (χ0) is 16.6. The predicted molar refractivity (Wildman–Crippen MR) is 79.8 cm³/mol. The van der Waals surface area contributed by atoms with Crippen molar-refractivity contribution in [1.82, 2.24) is 25.2 Å². The van der Waals surface area contributed by atoms with Crippen molar-refractivity contribution in [2.75, 3.05) is 13.6 Å². The molecule has 2 aromatic rings. The average molecular weight is 338 g/mol. The van der Waals surface area contributed by atoms with Crippen LogP contribution in [-0.4, -0.2) is 51.3 Å². The molecule has 1 aliphatic rings. The third kappa shape index (κ3) is 3.02. The number of carbonyl (C=O) groups excluding carboxylic acids is 2. The SMILES string of the molecule is CN1CC(NC(=O)c2cn(-c3cccc(Cl)c3F)nn2)CC1=O. The summed E-state index contributed by atoms with van der Waals surface area (Å²) in [5, 5.41) is 10.1. The van der Waals surface area contributed by atoms with Gasteiger partial charge in [0.2, 0.25) is 5.91 Å². The number of likely N-dealkylation sites (tertiary alicyclic amines) is 1. The topological polar surface area (TPSA) is 80.1 Å². The molecule has 1 fully saturated rings. The van der Waals surface area contributed by atoms with Gasteiger partial charge in [-0.3, -0.25) is 9.59 Å². The number of hydrogen-bond donors (Lipinski definition) is 1. The summed E-state index contributed by atoms with van der Waals surface area (Å²) in [4.78, 5) is 25.1. The molecule has 0 spiro atoms. The van der Waals surface area contributed by atoms with Crippen LogP contribution in [0.25, 0.3) is 5.69 Å². The highest BCUT2D eigenvalue weighted by Gasteiger charge is 2.28. The zero-order valence-corrected chi connectivity index (χ0v) is 12.9. The molecule has 0 saturated carbocycles. The fraction of sp³-hybridized carbons (Fsp3) is 0.286. The van der Waals surface area contributed by atoms with Crippen LogP contribution in [0.2, 0.25) is 5.02 Å². The number of benzene rings is 1. The molecule has 1 N–H and O–H groups in total. The molecule has 1 aromatic heterocycles. The van der Waals surface area contributed by atoms with Gasteiger partial charge >= 0.3 is 0 Å². The minimum atomic E-state index is -0.644. The largest absolute Gasteiger partial charge is 0.346 e. The first-order valence-electron chi connectivity index (χ1n) is 6.87. The van der Waals surface area contributed by atoms with E-state index in [1.807, 2.05) is 0 Å². The van der Waals surface area contributed by atoms with E-state index in [0.717, 1.165) is 4.68 Å². The van der Waals surface area contributed by atoms with Crippen LogP contribution in [-0.2, 0) is 4.79 Å². The number of halogens is 2. The molecule has 2 amide bonds. The first-order chi connectivity index (χ1) is 11.0. The van der Waals surface area contributed by atoms with Crippen LogP contribution in [0.4, 0.5) is 4.39 Å². The molecule has 120 valence electrons. The Labute approximate surface area is 136 Å². The Morgan fingerprint density at radius 2 is 2.26 bits per heavy atom. The minimum Gasteiger partial charge on any atom is -0.346 e. The number of hydrogen-bond acceptors (Lipinski definition) is 4. The van der Waals surface area contributed by atoms with Crippen molar-refractivity contribution in [3.05, 3.63) is 40.9 Å². The summed E-state index contributed by atoms with van der Waals surface area (Å²) >= 11 is 5.72. The van der Waals surface area contributed by atoms with Gasteiger partial charge in [-0.25, -0.2) is 9.07 Å². The van der Waals surface area contributed by atoms with Gasteiger partial charge in [-0.05, 0) is 12.1 Å². The van der Waals surface area contributed by atoms with Gasteiger partial charge in [-0.1, -0.05) is 22.9 Å². The van der Waals surface area contributed by atoms with Crippen LogP contribution in [0, 0.1) is 5.82 Å². The Morgan fingerprint density at radius 1 is 1.48 bits per heavy atom. The summed E-state index contributed by atoms with van der Waals surface area (Å²) in [6.45, 7) is 0.446. The Bertz CT molecular complexity index is 778. The fourth-order valence-electron chi connectivity index (χ4n) is 2.37. The van der Waals surface area contributed by atoms with E-state index in [0.29, 0.717) is 6.54 Å². The molecule has 3 rings (SSSR count). The van der Waals surface area contributed by atoms with E-state index in [1.54, 1.807) is 18.0 Å². The lowest BCUT2D eigenvalue weighted by atomic mass is 10.2. The van der Waals surface area contributed by atoms with Crippen LogP contribution in [0.1, 0.15) is 16.9 Å². The van der Waals surface area contributed by atoms with E-state index in [4.69, 9.17) is 11.6 Å². The molecule has 0 radical (unpaired) electrons. The van der Waals surface area contributed by atoms with Gasteiger partial charge in [0.05, 0.1) is 17.3 Å². The monoisotopic (exact) mass is 337 g/mol. The van der Waals surface area contributed by atoms with Crippen molar-refractivity contribution in [2.45, 2.75) is 12.5 Å². The maximum absolute atomic E-state index is 13.9. The second-order valence-corrected chi connectivity index (χ2v) is 5.68. The van der Waals surface area contributed by atoms with Crippen molar-refractivity contribution < 1.29 is 14.0 Å². The molecular weight excluding hydrogens is 325 g/mol. The molecule has 1 aliphatic heterocycles. The molecule has 1 saturated heterocycles. The molecule has 7 nitrogen and oxygen atoms in total.